The zero-order valence-corrected chi connectivity index (χ0v) is 9.00. The highest BCUT2D eigenvalue weighted by Gasteiger charge is 2.16. The van der Waals surface area contributed by atoms with Crippen molar-refractivity contribution in [2.75, 3.05) is 7.11 Å². The number of hydrogen-bond donors (Lipinski definition) is 0. The summed E-state index contributed by atoms with van der Waals surface area (Å²) in [5.41, 5.74) is 4.27. The third-order valence-corrected chi connectivity index (χ3v) is 2.79. The fraction of sp³-hybridized carbons (Fsp3) is 0.385. The molecular formula is C13H16O. The summed E-state index contributed by atoms with van der Waals surface area (Å²) in [5, 5.41) is 0. The lowest BCUT2D eigenvalue weighted by Crippen LogP contribution is -1.92. The van der Waals surface area contributed by atoms with E-state index in [9.17, 15) is 0 Å². The maximum atomic E-state index is 5.21. The van der Waals surface area contributed by atoms with Gasteiger partial charge in [0.15, 0.2) is 0 Å². The molecule has 1 nitrogen and oxygen atoms in total. The van der Waals surface area contributed by atoms with Crippen LogP contribution in [-0.2, 0) is 6.42 Å². The van der Waals surface area contributed by atoms with Gasteiger partial charge in [-0.05, 0) is 41.2 Å². The Kier molecular flexibility index (Phi) is 2.32. The molecule has 14 heavy (non-hydrogen) atoms. The zero-order chi connectivity index (χ0) is 10.1. The smallest absolute Gasteiger partial charge is 0.119 e. The Hall–Kier alpha value is -1.24. The molecule has 0 unspecified atom stereocenters. The SMILES string of the molecule is COc1ccc2c(c1)CC=C2C(C)C. The Morgan fingerprint density at radius 3 is 2.71 bits per heavy atom. The standard InChI is InChI=1S/C13H16O/c1-9(2)12-6-4-10-8-11(14-3)5-7-13(10)12/h5-9H,4H2,1-3H3. The zero-order valence-electron chi connectivity index (χ0n) is 9.00. The van der Waals surface area contributed by atoms with E-state index >= 15 is 0 Å². The molecule has 0 spiro atoms. The van der Waals surface area contributed by atoms with Gasteiger partial charge in [0, 0.05) is 0 Å². The number of hydrogen-bond acceptors (Lipinski definition) is 1. The van der Waals surface area contributed by atoms with Gasteiger partial charge in [-0.15, -0.1) is 0 Å². The minimum Gasteiger partial charge on any atom is -0.497 e. The Balaban J connectivity index is 2.39. The summed E-state index contributed by atoms with van der Waals surface area (Å²) in [6.45, 7) is 4.48. The maximum Gasteiger partial charge on any atom is 0.119 e. The maximum absolute atomic E-state index is 5.21. The topological polar surface area (TPSA) is 9.23 Å². The van der Waals surface area contributed by atoms with E-state index in [0.29, 0.717) is 5.92 Å². The Labute approximate surface area is 85.4 Å². The lowest BCUT2D eigenvalue weighted by Gasteiger charge is -2.10. The fourth-order valence-electron chi connectivity index (χ4n) is 2.02. The molecule has 0 saturated heterocycles. The van der Waals surface area contributed by atoms with Crippen LogP contribution in [0.3, 0.4) is 0 Å². The average Bonchev–Trinajstić information content (AvgIpc) is 2.59. The second kappa shape index (κ2) is 3.49. The van der Waals surface area contributed by atoms with E-state index in [1.54, 1.807) is 7.11 Å². The first-order chi connectivity index (χ1) is 6.72. The van der Waals surface area contributed by atoms with Gasteiger partial charge in [0.25, 0.3) is 0 Å². The molecular weight excluding hydrogens is 172 g/mol. The van der Waals surface area contributed by atoms with Crippen molar-refractivity contribution in [2.45, 2.75) is 20.3 Å². The molecule has 1 aromatic carbocycles. The van der Waals surface area contributed by atoms with E-state index < -0.39 is 0 Å². The first kappa shape index (κ1) is 9.32. The lowest BCUT2D eigenvalue weighted by atomic mass is 9.97. The highest BCUT2D eigenvalue weighted by Crippen LogP contribution is 2.34. The van der Waals surface area contributed by atoms with E-state index in [0.717, 1.165) is 12.2 Å². The van der Waals surface area contributed by atoms with Gasteiger partial charge in [-0.25, -0.2) is 0 Å². The second-order valence-electron chi connectivity index (χ2n) is 4.04. The van der Waals surface area contributed by atoms with Crippen LogP contribution in [0.1, 0.15) is 25.0 Å². The molecule has 74 valence electrons. The molecule has 0 amide bonds. The van der Waals surface area contributed by atoms with Crippen molar-refractivity contribution in [1.82, 2.24) is 0 Å². The molecule has 0 N–H and O–H groups in total. The molecule has 0 fully saturated rings. The van der Waals surface area contributed by atoms with Crippen molar-refractivity contribution in [1.29, 1.82) is 0 Å². The molecule has 1 aliphatic carbocycles. The minimum atomic E-state index is 0.615. The van der Waals surface area contributed by atoms with Crippen molar-refractivity contribution in [3.63, 3.8) is 0 Å². The summed E-state index contributed by atoms with van der Waals surface area (Å²) in [6, 6.07) is 6.36. The van der Waals surface area contributed by atoms with Crippen LogP contribution in [0.2, 0.25) is 0 Å². The Morgan fingerprint density at radius 2 is 2.07 bits per heavy atom. The monoisotopic (exact) mass is 188 g/mol. The van der Waals surface area contributed by atoms with Crippen LogP contribution in [0, 0.1) is 5.92 Å². The molecule has 1 aliphatic rings. The molecule has 0 bridgehead atoms. The number of fused-ring (bicyclic) bond motifs is 1. The fourth-order valence-corrected chi connectivity index (χ4v) is 2.02. The molecule has 0 atom stereocenters. The van der Waals surface area contributed by atoms with E-state index in [1.807, 2.05) is 6.07 Å². The van der Waals surface area contributed by atoms with Gasteiger partial charge in [-0.3, -0.25) is 0 Å². The predicted molar refractivity (Wildman–Crippen MR) is 59.5 cm³/mol. The largest absolute Gasteiger partial charge is 0.497 e. The van der Waals surface area contributed by atoms with Gasteiger partial charge >= 0.3 is 0 Å². The highest BCUT2D eigenvalue weighted by molar-refractivity contribution is 5.74. The molecule has 0 heterocycles. The molecule has 0 radical (unpaired) electrons. The van der Waals surface area contributed by atoms with E-state index in [1.165, 1.54) is 16.7 Å². The van der Waals surface area contributed by atoms with Crippen LogP contribution in [0.15, 0.2) is 24.3 Å². The van der Waals surface area contributed by atoms with Crippen molar-refractivity contribution >= 4 is 5.57 Å². The van der Waals surface area contributed by atoms with Crippen molar-refractivity contribution in [2.24, 2.45) is 5.92 Å². The number of benzene rings is 1. The van der Waals surface area contributed by atoms with Gasteiger partial charge < -0.3 is 4.74 Å². The van der Waals surface area contributed by atoms with Gasteiger partial charge in [-0.2, -0.15) is 0 Å². The first-order valence-electron chi connectivity index (χ1n) is 5.09. The van der Waals surface area contributed by atoms with E-state index in [2.05, 4.69) is 32.1 Å². The van der Waals surface area contributed by atoms with Crippen molar-refractivity contribution < 1.29 is 4.74 Å². The van der Waals surface area contributed by atoms with E-state index in [4.69, 9.17) is 4.74 Å². The van der Waals surface area contributed by atoms with Crippen LogP contribution in [0.5, 0.6) is 5.75 Å². The summed E-state index contributed by atoms with van der Waals surface area (Å²) in [5.74, 6) is 1.58. The predicted octanol–water partition coefficient (Wildman–Crippen LogP) is 3.29. The van der Waals surface area contributed by atoms with Crippen molar-refractivity contribution in [3.8, 4) is 5.75 Å². The molecule has 0 aromatic heterocycles. The average molecular weight is 188 g/mol. The van der Waals surface area contributed by atoms with Crippen LogP contribution >= 0.6 is 0 Å². The number of allylic oxidation sites excluding steroid dienone is 2. The quantitative estimate of drug-likeness (QED) is 0.692. The summed E-state index contributed by atoms with van der Waals surface area (Å²) >= 11 is 0. The first-order valence-corrected chi connectivity index (χ1v) is 5.09. The molecule has 0 saturated carbocycles. The van der Waals surface area contributed by atoms with Gasteiger partial charge in [-0.1, -0.05) is 26.0 Å². The van der Waals surface area contributed by atoms with Crippen LogP contribution in [0.4, 0.5) is 0 Å². The molecule has 2 rings (SSSR count). The third kappa shape index (κ3) is 1.43. The lowest BCUT2D eigenvalue weighted by molar-refractivity contribution is 0.414. The molecule has 1 aromatic rings. The second-order valence-corrected chi connectivity index (χ2v) is 4.04. The summed E-state index contributed by atoms with van der Waals surface area (Å²) in [4.78, 5) is 0. The number of rotatable bonds is 2. The Bertz CT molecular complexity index is 375. The normalized spacial score (nSPS) is 14.1. The summed E-state index contributed by atoms with van der Waals surface area (Å²) in [7, 11) is 1.72. The van der Waals surface area contributed by atoms with Crippen LogP contribution < -0.4 is 4.74 Å². The number of ether oxygens (including phenoxy) is 1. The van der Waals surface area contributed by atoms with Gasteiger partial charge in [0.05, 0.1) is 7.11 Å². The van der Waals surface area contributed by atoms with E-state index in [-0.39, 0.29) is 0 Å². The van der Waals surface area contributed by atoms with Crippen LogP contribution in [0.25, 0.3) is 5.57 Å². The van der Waals surface area contributed by atoms with Gasteiger partial charge in [0.2, 0.25) is 0 Å². The Morgan fingerprint density at radius 1 is 1.29 bits per heavy atom. The minimum absolute atomic E-state index is 0.615. The molecule has 1 heteroatoms. The summed E-state index contributed by atoms with van der Waals surface area (Å²) in [6.07, 6.45) is 3.38. The number of methoxy groups -OCH3 is 1. The third-order valence-electron chi connectivity index (χ3n) is 2.79. The van der Waals surface area contributed by atoms with Crippen LogP contribution in [-0.4, -0.2) is 7.11 Å². The summed E-state index contributed by atoms with van der Waals surface area (Å²) < 4.78 is 5.21. The van der Waals surface area contributed by atoms with Gasteiger partial charge in [0.1, 0.15) is 5.75 Å². The van der Waals surface area contributed by atoms with Crippen molar-refractivity contribution in [3.05, 3.63) is 35.4 Å². The molecule has 0 aliphatic heterocycles. The highest BCUT2D eigenvalue weighted by atomic mass is 16.5.